The van der Waals surface area contributed by atoms with Crippen LogP contribution in [0.1, 0.15) is 25.7 Å². The van der Waals surface area contributed by atoms with Gasteiger partial charge in [-0.1, -0.05) is 0 Å². The van der Waals surface area contributed by atoms with E-state index in [1.54, 1.807) is 0 Å². The van der Waals surface area contributed by atoms with E-state index >= 15 is 0 Å². The maximum absolute atomic E-state index is 11.1. The fourth-order valence-electron chi connectivity index (χ4n) is 1.46. The first-order valence-corrected chi connectivity index (χ1v) is 3.51. The number of Topliss-reactive ketones (excluding diaryl/α,β-unsaturated/α-hetero) is 1. The van der Waals surface area contributed by atoms with E-state index < -0.39 is 0 Å². The van der Waals surface area contributed by atoms with Gasteiger partial charge in [-0.3, -0.25) is 4.79 Å². The molecule has 50 valence electrons. The molecule has 0 bridgehead atoms. The Morgan fingerprint density at radius 2 is 2.22 bits per heavy atom. The van der Waals surface area contributed by atoms with E-state index in [9.17, 15) is 4.79 Å². The molecular weight excluding hydrogens is 116 g/mol. The Balaban J connectivity index is 2.12. The molecule has 1 aliphatic heterocycles. The molecule has 1 atom stereocenters. The van der Waals surface area contributed by atoms with Crippen molar-refractivity contribution in [2.75, 3.05) is 6.61 Å². The number of carbonyl (C=O) groups excluding carboxylic acids is 1. The number of carbonyl (C=O) groups is 1. The van der Waals surface area contributed by atoms with Crippen LogP contribution in [0.25, 0.3) is 0 Å². The number of ketones is 1. The van der Waals surface area contributed by atoms with Crippen LogP contribution in [0.5, 0.6) is 0 Å². The van der Waals surface area contributed by atoms with Gasteiger partial charge in [0.05, 0.1) is 6.61 Å². The van der Waals surface area contributed by atoms with Gasteiger partial charge in [0.15, 0.2) is 5.78 Å². The Labute approximate surface area is 54.2 Å². The topological polar surface area (TPSA) is 29.6 Å². The fraction of sp³-hybridized carbons (Fsp3) is 0.857. The third-order valence-corrected chi connectivity index (χ3v) is 2.24. The average Bonchev–Trinajstić information content (AvgIpc) is 2.60. The molecule has 1 saturated heterocycles. The van der Waals surface area contributed by atoms with Crippen molar-refractivity contribution in [3.8, 4) is 0 Å². The van der Waals surface area contributed by atoms with Crippen molar-refractivity contribution in [2.45, 2.75) is 31.3 Å². The van der Waals surface area contributed by atoms with Crippen molar-refractivity contribution in [3.05, 3.63) is 0 Å². The van der Waals surface area contributed by atoms with Crippen molar-refractivity contribution in [1.82, 2.24) is 0 Å². The van der Waals surface area contributed by atoms with Gasteiger partial charge >= 0.3 is 0 Å². The van der Waals surface area contributed by atoms with Crippen molar-refractivity contribution >= 4 is 5.78 Å². The molecule has 0 N–H and O–H groups in total. The van der Waals surface area contributed by atoms with Gasteiger partial charge in [-0.2, -0.15) is 0 Å². The van der Waals surface area contributed by atoms with E-state index in [1.165, 1.54) is 6.42 Å². The minimum absolute atomic E-state index is 0.252. The molecule has 1 heterocycles. The normalized spacial score (nSPS) is 41.6. The summed E-state index contributed by atoms with van der Waals surface area (Å²) >= 11 is 0. The summed E-state index contributed by atoms with van der Waals surface area (Å²) in [5.41, 5.74) is -0.252. The van der Waals surface area contributed by atoms with Crippen LogP contribution in [-0.4, -0.2) is 18.0 Å². The summed E-state index contributed by atoms with van der Waals surface area (Å²) in [5, 5.41) is 0. The van der Waals surface area contributed by atoms with Gasteiger partial charge in [0.25, 0.3) is 0 Å². The quantitative estimate of drug-likeness (QED) is 0.451. The Morgan fingerprint density at radius 3 is 2.67 bits per heavy atom. The number of hydrogen-bond donors (Lipinski definition) is 0. The van der Waals surface area contributed by atoms with Gasteiger partial charge in [-0.05, 0) is 19.3 Å². The summed E-state index contributed by atoms with van der Waals surface area (Å²) in [4.78, 5) is 11.1. The zero-order valence-electron chi connectivity index (χ0n) is 5.35. The third kappa shape index (κ3) is 0.697. The van der Waals surface area contributed by atoms with Crippen molar-refractivity contribution in [1.29, 1.82) is 0 Å². The van der Waals surface area contributed by atoms with Crippen LogP contribution in [0.15, 0.2) is 0 Å². The van der Waals surface area contributed by atoms with E-state index in [1.807, 2.05) is 0 Å². The number of ether oxygens (including phenoxy) is 1. The SMILES string of the molecule is O=C1CCCCC12CO2. The molecule has 2 aliphatic rings. The first kappa shape index (κ1) is 5.42. The molecule has 1 saturated carbocycles. The Kier molecular flexibility index (Phi) is 0.943. The van der Waals surface area contributed by atoms with Crippen LogP contribution in [0, 0.1) is 0 Å². The van der Waals surface area contributed by atoms with Gasteiger partial charge < -0.3 is 4.74 Å². The highest BCUT2D eigenvalue weighted by atomic mass is 16.6. The van der Waals surface area contributed by atoms with E-state index in [2.05, 4.69) is 0 Å². The zero-order chi connectivity index (χ0) is 6.32. The Hall–Kier alpha value is -0.370. The lowest BCUT2D eigenvalue weighted by molar-refractivity contribution is -0.125. The molecule has 0 amide bonds. The molecule has 1 aliphatic carbocycles. The fourth-order valence-corrected chi connectivity index (χ4v) is 1.46. The van der Waals surface area contributed by atoms with Crippen LogP contribution in [0.2, 0.25) is 0 Å². The minimum atomic E-state index is -0.252. The second-order valence-corrected chi connectivity index (χ2v) is 2.91. The molecule has 2 fully saturated rings. The average molecular weight is 126 g/mol. The van der Waals surface area contributed by atoms with Crippen LogP contribution in [0.3, 0.4) is 0 Å². The molecule has 2 heteroatoms. The summed E-state index contributed by atoms with van der Waals surface area (Å²) < 4.78 is 5.10. The smallest absolute Gasteiger partial charge is 0.167 e. The summed E-state index contributed by atoms with van der Waals surface area (Å²) in [6.07, 6.45) is 3.97. The van der Waals surface area contributed by atoms with Crippen LogP contribution < -0.4 is 0 Å². The van der Waals surface area contributed by atoms with Gasteiger partial charge in [0.2, 0.25) is 0 Å². The summed E-state index contributed by atoms with van der Waals surface area (Å²) in [6.45, 7) is 0.700. The van der Waals surface area contributed by atoms with E-state index in [4.69, 9.17) is 4.74 Å². The van der Waals surface area contributed by atoms with Gasteiger partial charge in [-0.25, -0.2) is 0 Å². The van der Waals surface area contributed by atoms with E-state index in [0.29, 0.717) is 12.4 Å². The van der Waals surface area contributed by atoms with Crippen molar-refractivity contribution in [3.63, 3.8) is 0 Å². The lowest BCUT2D eigenvalue weighted by Gasteiger charge is -2.15. The first-order valence-electron chi connectivity index (χ1n) is 3.51. The van der Waals surface area contributed by atoms with Crippen LogP contribution >= 0.6 is 0 Å². The Morgan fingerprint density at radius 1 is 1.44 bits per heavy atom. The van der Waals surface area contributed by atoms with Crippen LogP contribution in [0.4, 0.5) is 0 Å². The summed E-state index contributed by atoms with van der Waals surface area (Å²) in [7, 11) is 0. The monoisotopic (exact) mass is 126 g/mol. The molecule has 1 unspecified atom stereocenters. The second-order valence-electron chi connectivity index (χ2n) is 2.91. The molecule has 9 heavy (non-hydrogen) atoms. The predicted molar refractivity (Wildman–Crippen MR) is 32.2 cm³/mol. The lowest BCUT2D eigenvalue weighted by Crippen LogP contribution is -2.27. The molecule has 2 rings (SSSR count). The lowest BCUT2D eigenvalue weighted by atomic mass is 9.88. The third-order valence-electron chi connectivity index (χ3n) is 2.24. The summed E-state index contributed by atoms with van der Waals surface area (Å²) in [5.74, 6) is 0.341. The minimum Gasteiger partial charge on any atom is -0.361 e. The van der Waals surface area contributed by atoms with E-state index in [-0.39, 0.29) is 5.60 Å². The number of rotatable bonds is 0. The maximum Gasteiger partial charge on any atom is 0.167 e. The highest BCUT2D eigenvalue weighted by Gasteiger charge is 2.51. The van der Waals surface area contributed by atoms with Gasteiger partial charge in [0, 0.05) is 6.42 Å². The highest BCUT2D eigenvalue weighted by Crippen LogP contribution is 2.38. The number of epoxide rings is 1. The molecule has 0 radical (unpaired) electrons. The van der Waals surface area contributed by atoms with Gasteiger partial charge in [-0.15, -0.1) is 0 Å². The van der Waals surface area contributed by atoms with Gasteiger partial charge in [0.1, 0.15) is 5.60 Å². The zero-order valence-corrected chi connectivity index (χ0v) is 5.35. The molecule has 1 spiro atoms. The predicted octanol–water partition coefficient (Wildman–Crippen LogP) is 0.898. The van der Waals surface area contributed by atoms with Crippen molar-refractivity contribution in [2.24, 2.45) is 0 Å². The molecule has 0 aromatic rings. The van der Waals surface area contributed by atoms with Crippen molar-refractivity contribution < 1.29 is 9.53 Å². The maximum atomic E-state index is 11.1. The molecule has 0 aromatic heterocycles. The summed E-state index contributed by atoms with van der Waals surface area (Å²) in [6, 6.07) is 0. The largest absolute Gasteiger partial charge is 0.361 e. The second kappa shape index (κ2) is 1.57. The van der Waals surface area contributed by atoms with Crippen LogP contribution in [-0.2, 0) is 9.53 Å². The molecular formula is C7H10O2. The highest BCUT2D eigenvalue weighted by molar-refractivity contribution is 5.90. The molecule has 2 nitrogen and oxygen atoms in total. The molecule has 0 aromatic carbocycles. The standard InChI is InChI=1S/C7H10O2/c8-6-3-1-2-4-7(6)5-9-7/h1-5H2. The number of hydrogen-bond acceptors (Lipinski definition) is 2. The first-order chi connectivity index (χ1) is 4.33. The Bertz CT molecular complexity index is 147. The van der Waals surface area contributed by atoms with E-state index in [0.717, 1.165) is 19.3 Å².